The fourth-order valence-corrected chi connectivity index (χ4v) is 4.35. The van der Waals surface area contributed by atoms with Crippen molar-refractivity contribution in [3.8, 4) is 0 Å². The highest BCUT2D eigenvalue weighted by Gasteiger charge is 2.22. The van der Waals surface area contributed by atoms with Gasteiger partial charge in [-0.1, -0.05) is 19.9 Å². The van der Waals surface area contributed by atoms with Crippen molar-refractivity contribution in [2.24, 2.45) is 4.99 Å². The molecule has 1 aliphatic heterocycles. The normalized spacial score (nSPS) is 19.2. The number of halogens is 1. The molecule has 2 heterocycles. The van der Waals surface area contributed by atoms with Crippen LogP contribution in [0.4, 0.5) is 0 Å². The summed E-state index contributed by atoms with van der Waals surface area (Å²) in [5.74, 6) is 2.23. The van der Waals surface area contributed by atoms with Gasteiger partial charge in [0.1, 0.15) is 0 Å². The fourth-order valence-electron chi connectivity index (χ4n) is 2.29. The van der Waals surface area contributed by atoms with Crippen LogP contribution in [0.5, 0.6) is 0 Å². The molecule has 0 aromatic carbocycles. The molecule has 1 aliphatic rings. The topological polar surface area (TPSA) is 36.4 Å². The molecule has 0 aliphatic carbocycles. The van der Waals surface area contributed by atoms with Crippen molar-refractivity contribution >= 4 is 53.0 Å². The lowest BCUT2D eigenvalue weighted by atomic mass is 9.91. The molecule has 21 heavy (non-hydrogen) atoms. The molecule has 1 aromatic heterocycles. The second-order valence-electron chi connectivity index (χ2n) is 5.80. The first-order valence-corrected chi connectivity index (χ1v) is 9.15. The maximum absolute atomic E-state index is 4.32. The maximum Gasteiger partial charge on any atom is 0.191 e. The highest BCUT2D eigenvalue weighted by molar-refractivity contribution is 14.0. The zero-order valence-electron chi connectivity index (χ0n) is 13.0. The van der Waals surface area contributed by atoms with E-state index in [1.165, 1.54) is 23.5 Å². The van der Waals surface area contributed by atoms with Gasteiger partial charge in [0.25, 0.3) is 0 Å². The van der Waals surface area contributed by atoms with Crippen molar-refractivity contribution in [2.45, 2.75) is 37.4 Å². The predicted octanol–water partition coefficient (Wildman–Crippen LogP) is 3.70. The molecule has 1 atom stereocenters. The summed E-state index contributed by atoms with van der Waals surface area (Å²) in [6.07, 6.45) is 2.68. The summed E-state index contributed by atoms with van der Waals surface area (Å²) in [4.78, 5) is 5.73. The fraction of sp³-hybridized carbons (Fsp3) is 0.667. The number of hydrogen-bond acceptors (Lipinski definition) is 3. The van der Waals surface area contributed by atoms with E-state index >= 15 is 0 Å². The molecule has 0 spiro atoms. The predicted molar refractivity (Wildman–Crippen MR) is 108 cm³/mol. The third-order valence-corrected chi connectivity index (χ3v) is 6.26. The standard InChI is InChI=1S/C15H25N3S2.HI/c1-15(2,13-7-5-9-20-13)11-18-14(16-3)17-10-12-6-4-8-19-12;/h5,7,9,12H,4,6,8,10-11H2,1-3H3,(H2,16,17,18);1H. The minimum absolute atomic E-state index is 0. The number of rotatable bonds is 5. The van der Waals surface area contributed by atoms with Gasteiger partial charge >= 0.3 is 0 Å². The smallest absolute Gasteiger partial charge is 0.191 e. The Hall–Kier alpha value is 0.0500. The van der Waals surface area contributed by atoms with Crippen LogP contribution in [0.1, 0.15) is 31.6 Å². The van der Waals surface area contributed by atoms with Crippen LogP contribution >= 0.6 is 47.1 Å². The van der Waals surface area contributed by atoms with Gasteiger partial charge in [-0.05, 0) is 30.0 Å². The number of aliphatic imine (C=N–C) groups is 1. The Balaban J connectivity index is 0.00000220. The lowest BCUT2D eigenvalue weighted by Crippen LogP contribution is -2.44. The number of nitrogens with zero attached hydrogens (tertiary/aromatic N) is 1. The second kappa shape index (κ2) is 9.25. The Morgan fingerprint density at radius 3 is 2.81 bits per heavy atom. The quantitative estimate of drug-likeness (QED) is 0.417. The van der Waals surface area contributed by atoms with Gasteiger partial charge < -0.3 is 10.6 Å². The van der Waals surface area contributed by atoms with E-state index in [4.69, 9.17) is 0 Å². The molecule has 1 fully saturated rings. The summed E-state index contributed by atoms with van der Waals surface area (Å²) < 4.78 is 0. The van der Waals surface area contributed by atoms with E-state index in [9.17, 15) is 0 Å². The van der Waals surface area contributed by atoms with Gasteiger partial charge in [-0.2, -0.15) is 11.8 Å². The molecule has 3 nitrogen and oxygen atoms in total. The highest BCUT2D eigenvalue weighted by Crippen LogP contribution is 2.27. The largest absolute Gasteiger partial charge is 0.356 e. The van der Waals surface area contributed by atoms with Gasteiger partial charge in [0.2, 0.25) is 0 Å². The molecule has 120 valence electrons. The zero-order chi connectivity index (χ0) is 14.4. The molecule has 1 aromatic rings. The van der Waals surface area contributed by atoms with E-state index in [1.54, 1.807) is 0 Å². The van der Waals surface area contributed by atoms with E-state index in [0.29, 0.717) is 0 Å². The number of thioether (sulfide) groups is 1. The van der Waals surface area contributed by atoms with Gasteiger partial charge in [-0.25, -0.2) is 0 Å². The van der Waals surface area contributed by atoms with E-state index in [0.717, 1.165) is 24.3 Å². The Labute approximate surface area is 153 Å². The SMILES string of the molecule is CN=C(NCC1CCCS1)NCC(C)(C)c1cccs1.I. The van der Waals surface area contributed by atoms with Crippen LogP contribution in [-0.2, 0) is 5.41 Å². The number of hydrogen-bond donors (Lipinski definition) is 2. The van der Waals surface area contributed by atoms with E-state index in [1.807, 2.05) is 18.4 Å². The van der Waals surface area contributed by atoms with Gasteiger partial charge in [-0.15, -0.1) is 35.3 Å². The minimum atomic E-state index is 0. The maximum atomic E-state index is 4.32. The lowest BCUT2D eigenvalue weighted by molar-refractivity contribution is 0.518. The summed E-state index contributed by atoms with van der Waals surface area (Å²) >= 11 is 3.89. The van der Waals surface area contributed by atoms with Crippen LogP contribution in [0, 0.1) is 0 Å². The van der Waals surface area contributed by atoms with Crippen LogP contribution in [-0.4, -0.2) is 37.1 Å². The second-order valence-corrected chi connectivity index (χ2v) is 8.16. The molecule has 1 saturated heterocycles. The van der Waals surface area contributed by atoms with Crippen LogP contribution in [0.2, 0.25) is 0 Å². The van der Waals surface area contributed by atoms with Crippen molar-refractivity contribution in [3.05, 3.63) is 22.4 Å². The molecular weight excluding hydrogens is 413 g/mol. The molecular formula is C15H26IN3S2. The van der Waals surface area contributed by atoms with Gasteiger partial charge in [0.05, 0.1) is 0 Å². The average molecular weight is 439 g/mol. The number of guanidine groups is 1. The summed E-state index contributed by atoms with van der Waals surface area (Å²) in [5, 5.41) is 9.80. The third-order valence-electron chi connectivity index (χ3n) is 3.63. The zero-order valence-corrected chi connectivity index (χ0v) is 17.0. The Morgan fingerprint density at radius 2 is 2.24 bits per heavy atom. The first kappa shape index (κ1) is 19.1. The van der Waals surface area contributed by atoms with Crippen LogP contribution < -0.4 is 10.6 Å². The minimum Gasteiger partial charge on any atom is -0.356 e. The number of thiophene rings is 1. The van der Waals surface area contributed by atoms with E-state index in [-0.39, 0.29) is 29.4 Å². The monoisotopic (exact) mass is 439 g/mol. The molecule has 1 unspecified atom stereocenters. The van der Waals surface area contributed by atoms with Crippen molar-refractivity contribution in [3.63, 3.8) is 0 Å². The molecule has 0 amide bonds. The van der Waals surface area contributed by atoms with Gasteiger partial charge in [0, 0.05) is 35.7 Å². The highest BCUT2D eigenvalue weighted by atomic mass is 127. The first-order valence-electron chi connectivity index (χ1n) is 7.22. The Kier molecular flexibility index (Phi) is 8.41. The summed E-state index contributed by atoms with van der Waals surface area (Å²) in [7, 11) is 1.84. The molecule has 0 saturated carbocycles. The van der Waals surface area contributed by atoms with Gasteiger partial charge in [0.15, 0.2) is 5.96 Å². The Bertz CT molecular complexity index is 426. The van der Waals surface area contributed by atoms with Crippen molar-refractivity contribution in [1.29, 1.82) is 0 Å². The Morgan fingerprint density at radius 1 is 1.43 bits per heavy atom. The molecule has 2 N–H and O–H groups in total. The number of nitrogens with one attached hydrogen (secondary N) is 2. The molecule has 2 rings (SSSR count). The van der Waals surface area contributed by atoms with Crippen molar-refractivity contribution < 1.29 is 0 Å². The molecule has 6 heteroatoms. The van der Waals surface area contributed by atoms with Gasteiger partial charge in [-0.3, -0.25) is 4.99 Å². The molecule has 0 bridgehead atoms. The molecule has 0 radical (unpaired) electrons. The van der Waals surface area contributed by atoms with E-state index in [2.05, 4.69) is 58.7 Å². The summed E-state index contributed by atoms with van der Waals surface area (Å²) in [5.41, 5.74) is 0.133. The summed E-state index contributed by atoms with van der Waals surface area (Å²) in [6.45, 7) is 6.45. The summed E-state index contributed by atoms with van der Waals surface area (Å²) in [6, 6.07) is 4.32. The average Bonchev–Trinajstić information content (AvgIpc) is 3.12. The van der Waals surface area contributed by atoms with E-state index < -0.39 is 0 Å². The van der Waals surface area contributed by atoms with Crippen molar-refractivity contribution in [2.75, 3.05) is 25.9 Å². The first-order chi connectivity index (χ1) is 9.62. The third kappa shape index (κ3) is 5.98. The lowest BCUT2D eigenvalue weighted by Gasteiger charge is -2.25. The van der Waals surface area contributed by atoms with Crippen molar-refractivity contribution in [1.82, 2.24) is 10.6 Å². The van der Waals surface area contributed by atoms with Crippen LogP contribution in [0.15, 0.2) is 22.5 Å². The van der Waals surface area contributed by atoms with Crippen LogP contribution in [0.3, 0.4) is 0 Å². The van der Waals surface area contributed by atoms with Crippen LogP contribution in [0.25, 0.3) is 0 Å².